The molecule has 5 rings (SSSR count). The Balaban J connectivity index is 1.49. The minimum absolute atomic E-state index is 0.00476. The average molecular weight is 615 g/mol. The van der Waals surface area contributed by atoms with Crippen LogP contribution in [0.3, 0.4) is 0 Å². The summed E-state index contributed by atoms with van der Waals surface area (Å²) in [6.07, 6.45) is 6.93. The van der Waals surface area contributed by atoms with E-state index in [-0.39, 0.29) is 53.8 Å². The second-order valence-electron chi connectivity index (χ2n) is 14.5. The fourth-order valence-corrected chi connectivity index (χ4v) is 10.2. The highest BCUT2D eigenvalue weighted by Gasteiger charge is 2.67. The number of hydrogen-bond acceptors (Lipinski definition) is 8. The molecule has 0 heterocycles. The van der Waals surface area contributed by atoms with E-state index < -0.39 is 0 Å². The molecule has 1 aromatic rings. The number of benzene rings is 1. The van der Waals surface area contributed by atoms with Crippen LogP contribution in [0, 0.1) is 46.3 Å². The van der Waals surface area contributed by atoms with Gasteiger partial charge in [0.25, 0.3) is 0 Å². The lowest BCUT2D eigenvalue weighted by molar-refractivity contribution is -0.232. The van der Waals surface area contributed by atoms with Crippen molar-refractivity contribution in [2.75, 3.05) is 34.2 Å². The molecule has 44 heavy (non-hydrogen) atoms. The summed E-state index contributed by atoms with van der Waals surface area (Å²) in [5.41, 5.74) is 0.344. The Bertz CT molecular complexity index is 1110. The molecule has 11 atom stereocenters. The van der Waals surface area contributed by atoms with Crippen molar-refractivity contribution in [1.82, 2.24) is 0 Å². The Labute approximate surface area is 263 Å². The maximum Gasteiger partial charge on any atom is 0.338 e. The van der Waals surface area contributed by atoms with Gasteiger partial charge in [0, 0.05) is 18.9 Å². The Kier molecular flexibility index (Phi) is 10.8. The molecule has 0 bridgehead atoms. The van der Waals surface area contributed by atoms with Crippen molar-refractivity contribution in [1.29, 1.82) is 0 Å². The van der Waals surface area contributed by atoms with Crippen LogP contribution in [0.5, 0.6) is 0 Å². The molecular formula is C36H54O8. The number of aliphatic hydroxyl groups is 1. The monoisotopic (exact) mass is 614 g/mol. The largest absolute Gasteiger partial charge is 0.469 e. The molecule has 0 amide bonds. The highest BCUT2D eigenvalue weighted by Crippen LogP contribution is 2.69. The number of carbonyl (C=O) groups is 2. The van der Waals surface area contributed by atoms with Gasteiger partial charge in [0.05, 0.1) is 38.1 Å². The van der Waals surface area contributed by atoms with Gasteiger partial charge in [-0.15, -0.1) is 0 Å². The van der Waals surface area contributed by atoms with Gasteiger partial charge in [-0.05, 0) is 104 Å². The zero-order valence-electron chi connectivity index (χ0n) is 27.4. The number of fused-ring (bicyclic) bond motifs is 5. The summed E-state index contributed by atoms with van der Waals surface area (Å²) in [5, 5.41) is 10.7. The molecule has 0 unspecified atom stereocenters. The summed E-state index contributed by atoms with van der Waals surface area (Å²) in [7, 11) is 3.11. The van der Waals surface area contributed by atoms with Gasteiger partial charge in [0.2, 0.25) is 0 Å². The van der Waals surface area contributed by atoms with Crippen LogP contribution >= 0.6 is 0 Å². The third kappa shape index (κ3) is 6.47. The topological polar surface area (TPSA) is 101 Å². The van der Waals surface area contributed by atoms with Crippen LogP contribution in [-0.4, -0.2) is 69.6 Å². The van der Waals surface area contributed by atoms with Crippen molar-refractivity contribution >= 4 is 11.9 Å². The second kappa shape index (κ2) is 14.2. The van der Waals surface area contributed by atoms with Gasteiger partial charge in [-0.2, -0.15) is 0 Å². The second-order valence-corrected chi connectivity index (χ2v) is 14.5. The summed E-state index contributed by atoms with van der Waals surface area (Å²) in [4.78, 5) is 25.8. The van der Waals surface area contributed by atoms with E-state index >= 15 is 0 Å². The minimum atomic E-state index is -0.282. The Morgan fingerprint density at radius 3 is 2.50 bits per heavy atom. The number of hydrogen-bond donors (Lipinski definition) is 1. The number of esters is 2. The van der Waals surface area contributed by atoms with Gasteiger partial charge in [-0.3, -0.25) is 4.79 Å². The molecule has 0 saturated heterocycles. The van der Waals surface area contributed by atoms with Crippen molar-refractivity contribution < 1.29 is 38.4 Å². The van der Waals surface area contributed by atoms with E-state index in [1.165, 1.54) is 7.11 Å². The first-order chi connectivity index (χ1) is 21.1. The molecule has 4 aliphatic rings. The van der Waals surface area contributed by atoms with E-state index in [9.17, 15) is 14.7 Å². The lowest BCUT2D eigenvalue weighted by Gasteiger charge is -2.64. The van der Waals surface area contributed by atoms with Crippen LogP contribution in [0.25, 0.3) is 0 Å². The molecule has 8 heteroatoms. The summed E-state index contributed by atoms with van der Waals surface area (Å²) in [6.45, 7) is 8.26. The van der Waals surface area contributed by atoms with E-state index in [4.69, 9.17) is 23.7 Å². The van der Waals surface area contributed by atoms with Crippen molar-refractivity contribution in [2.24, 2.45) is 46.3 Å². The third-order valence-corrected chi connectivity index (χ3v) is 12.6. The zero-order chi connectivity index (χ0) is 31.5. The van der Waals surface area contributed by atoms with Crippen molar-refractivity contribution in [3.8, 4) is 0 Å². The van der Waals surface area contributed by atoms with Crippen molar-refractivity contribution in [3.63, 3.8) is 0 Å². The van der Waals surface area contributed by atoms with E-state index in [1.54, 1.807) is 7.11 Å². The van der Waals surface area contributed by atoms with Gasteiger partial charge in [-0.25, -0.2) is 4.79 Å². The molecule has 0 radical (unpaired) electrons. The molecule has 8 nitrogen and oxygen atoms in total. The van der Waals surface area contributed by atoms with Crippen molar-refractivity contribution in [2.45, 2.75) is 96.9 Å². The molecule has 4 saturated carbocycles. The highest BCUT2D eigenvalue weighted by atomic mass is 16.7. The molecule has 0 aliphatic heterocycles. The third-order valence-electron chi connectivity index (χ3n) is 12.6. The lowest BCUT2D eigenvalue weighted by atomic mass is 9.43. The normalized spacial score (nSPS) is 38.6. The first-order valence-corrected chi connectivity index (χ1v) is 16.8. The molecule has 0 aromatic heterocycles. The summed E-state index contributed by atoms with van der Waals surface area (Å²) in [5.74, 6) is 1.35. The number of methoxy groups -OCH3 is 2. The van der Waals surface area contributed by atoms with Gasteiger partial charge in [0.1, 0.15) is 12.9 Å². The van der Waals surface area contributed by atoms with E-state index in [2.05, 4.69) is 20.8 Å². The maximum absolute atomic E-state index is 13.7. The number of rotatable bonds is 12. The van der Waals surface area contributed by atoms with Gasteiger partial charge in [0.15, 0.2) is 0 Å². The Hall–Kier alpha value is -2.00. The SMILES string of the molecule is COCCOCO[C@@H]1C[C@@H]2C[C@H](O)CC[C@]2(C)[C@H]2C[C@H](OC(=O)c3ccccc3)[C@]3(C)[C@@H]([C@H](C)CCC(=O)OC)CC[C@H]3[C@H]12. The number of ether oxygens (including phenoxy) is 5. The fourth-order valence-electron chi connectivity index (χ4n) is 10.2. The fraction of sp³-hybridized carbons (Fsp3) is 0.778. The summed E-state index contributed by atoms with van der Waals surface area (Å²) >= 11 is 0. The van der Waals surface area contributed by atoms with Gasteiger partial charge in [-0.1, -0.05) is 39.0 Å². The predicted molar refractivity (Wildman–Crippen MR) is 166 cm³/mol. The Morgan fingerprint density at radius 1 is 1.00 bits per heavy atom. The molecule has 1 aromatic carbocycles. The molecule has 246 valence electrons. The van der Waals surface area contributed by atoms with Crippen molar-refractivity contribution in [3.05, 3.63) is 35.9 Å². The van der Waals surface area contributed by atoms with Crippen LogP contribution in [0.1, 0.15) is 88.9 Å². The van der Waals surface area contributed by atoms with E-state index in [0.717, 1.165) is 51.4 Å². The quantitative estimate of drug-likeness (QED) is 0.173. The molecule has 4 fully saturated rings. The molecule has 1 N–H and O–H groups in total. The zero-order valence-corrected chi connectivity index (χ0v) is 27.4. The lowest BCUT2D eigenvalue weighted by Crippen LogP contribution is -2.63. The molecular weight excluding hydrogens is 560 g/mol. The average Bonchev–Trinajstić information content (AvgIpc) is 3.39. The smallest absolute Gasteiger partial charge is 0.338 e. The van der Waals surface area contributed by atoms with Crippen LogP contribution in [0.4, 0.5) is 0 Å². The summed E-state index contributed by atoms with van der Waals surface area (Å²) in [6, 6.07) is 9.32. The van der Waals surface area contributed by atoms with E-state index in [1.807, 2.05) is 30.3 Å². The standard InChI is InChI=1S/C36H54O8/c1-23(11-14-32(38)41-5)27-12-13-28-33-29(21-31(36(27,28)3)44-34(39)24-9-7-6-8-10-24)35(2)16-15-26(37)19-25(35)20-30(33)43-22-42-18-17-40-4/h6-10,23,25-31,33,37H,11-22H2,1-5H3/t23-,25+,26-,27-,28+,29+,30-,31+,33+,35+,36-/m1/s1. The van der Waals surface area contributed by atoms with Crippen LogP contribution in [-0.2, 0) is 28.5 Å². The maximum atomic E-state index is 13.7. The predicted octanol–water partition coefficient (Wildman–Crippen LogP) is 6.05. The molecule has 4 aliphatic carbocycles. The molecule has 0 spiro atoms. The van der Waals surface area contributed by atoms with Crippen LogP contribution in [0.15, 0.2) is 30.3 Å². The first kappa shape index (κ1) is 33.4. The van der Waals surface area contributed by atoms with Gasteiger partial charge < -0.3 is 28.8 Å². The van der Waals surface area contributed by atoms with Gasteiger partial charge >= 0.3 is 11.9 Å². The minimum Gasteiger partial charge on any atom is -0.469 e. The van der Waals surface area contributed by atoms with Crippen LogP contribution < -0.4 is 0 Å². The summed E-state index contributed by atoms with van der Waals surface area (Å²) < 4.78 is 29.2. The van der Waals surface area contributed by atoms with Crippen LogP contribution in [0.2, 0.25) is 0 Å². The van der Waals surface area contributed by atoms with E-state index in [0.29, 0.717) is 54.8 Å². The Morgan fingerprint density at radius 2 is 1.77 bits per heavy atom. The first-order valence-electron chi connectivity index (χ1n) is 16.8. The number of aliphatic hydroxyl groups excluding tert-OH is 1. The number of carbonyl (C=O) groups excluding carboxylic acids is 2. The highest BCUT2D eigenvalue weighted by molar-refractivity contribution is 5.89.